The molecule has 0 aliphatic carbocycles. The van der Waals surface area contributed by atoms with Gasteiger partial charge < -0.3 is 4.74 Å². The number of hydrogen-bond donors (Lipinski definition) is 0. The van der Waals surface area contributed by atoms with Gasteiger partial charge in [-0.1, -0.05) is 0 Å². The lowest BCUT2D eigenvalue weighted by molar-refractivity contribution is 0.414. The van der Waals surface area contributed by atoms with Gasteiger partial charge in [-0.15, -0.1) is 11.6 Å². The van der Waals surface area contributed by atoms with Crippen molar-refractivity contribution < 1.29 is 4.74 Å². The molecular formula is C14H10Br2ClN3O. The maximum absolute atomic E-state index is 6.05. The number of hydrogen-bond acceptors (Lipinski definition) is 3. The highest BCUT2D eigenvalue weighted by Gasteiger charge is 2.16. The summed E-state index contributed by atoms with van der Waals surface area (Å²) >= 11 is 13.0. The van der Waals surface area contributed by atoms with E-state index >= 15 is 0 Å². The molecule has 0 radical (unpaired) electrons. The highest BCUT2D eigenvalue weighted by atomic mass is 79.9. The minimum absolute atomic E-state index is 0.289. The second-order valence-electron chi connectivity index (χ2n) is 4.31. The molecule has 0 amide bonds. The summed E-state index contributed by atoms with van der Waals surface area (Å²) in [6.07, 6.45) is 1.74. The van der Waals surface area contributed by atoms with Gasteiger partial charge in [-0.2, -0.15) is 0 Å². The Labute approximate surface area is 143 Å². The molecule has 3 aromatic rings. The largest absolute Gasteiger partial charge is 0.497 e. The van der Waals surface area contributed by atoms with Crippen molar-refractivity contribution in [1.29, 1.82) is 0 Å². The summed E-state index contributed by atoms with van der Waals surface area (Å²) in [5, 5.41) is 0. The molecule has 0 fully saturated rings. The molecule has 0 bridgehead atoms. The number of imidazole rings is 1. The van der Waals surface area contributed by atoms with Crippen LogP contribution < -0.4 is 4.74 Å². The Bertz CT molecular complexity index is 819. The predicted molar refractivity (Wildman–Crippen MR) is 90.4 cm³/mol. The van der Waals surface area contributed by atoms with Crippen LogP contribution in [0.5, 0.6) is 5.75 Å². The molecule has 0 N–H and O–H groups in total. The highest BCUT2D eigenvalue weighted by Crippen LogP contribution is 2.30. The Balaban J connectivity index is 2.33. The molecule has 3 rings (SSSR count). The number of alkyl halides is 1. The summed E-state index contributed by atoms with van der Waals surface area (Å²) in [5.41, 5.74) is 2.43. The number of benzene rings is 1. The minimum Gasteiger partial charge on any atom is -0.497 e. The van der Waals surface area contributed by atoms with E-state index in [0.29, 0.717) is 0 Å². The number of rotatable bonds is 3. The van der Waals surface area contributed by atoms with E-state index in [1.165, 1.54) is 0 Å². The van der Waals surface area contributed by atoms with Gasteiger partial charge >= 0.3 is 0 Å². The molecule has 4 nitrogen and oxygen atoms in total. The first-order valence-electron chi connectivity index (χ1n) is 6.07. The summed E-state index contributed by atoms with van der Waals surface area (Å²) in [5.74, 6) is 1.77. The van der Waals surface area contributed by atoms with Crippen molar-refractivity contribution in [3.05, 3.63) is 45.2 Å². The van der Waals surface area contributed by atoms with Crippen LogP contribution in [0.4, 0.5) is 0 Å². The topological polar surface area (TPSA) is 39.9 Å². The number of nitrogens with zero attached hydrogens (tertiary/aromatic N) is 3. The molecule has 0 saturated heterocycles. The van der Waals surface area contributed by atoms with Crippen LogP contribution in [-0.2, 0) is 5.88 Å². The summed E-state index contributed by atoms with van der Waals surface area (Å²) in [7, 11) is 1.64. The Morgan fingerprint density at radius 1 is 1.29 bits per heavy atom. The molecule has 0 saturated carbocycles. The lowest BCUT2D eigenvalue weighted by Crippen LogP contribution is -2.02. The molecule has 0 spiro atoms. The molecule has 2 aromatic heterocycles. The van der Waals surface area contributed by atoms with Gasteiger partial charge in [0.05, 0.1) is 18.7 Å². The molecule has 0 atom stereocenters. The Hall–Kier alpha value is -1.11. The van der Waals surface area contributed by atoms with Gasteiger partial charge in [0, 0.05) is 21.2 Å². The van der Waals surface area contributed by atoms with Crippen LogP contribution in [0, 0.1) is 0 Å². The predicted octanol–water partition coefficient (Wildman–Crippen LogP) is 4.69. The van der Waals surface area contributed by atoms with E-state index in [4.69, 9.17) is 16.3 Å². The van der Waals surface area contributed by atoms with Gasteiger partial charge in [0.1, 0.15) is 17.1 Å². The molecule has 2 heterocycles. The van der Waals surface area contributed by atoms with Crippen molar-refractivity contribution >= 4 is 54.6 Å². The van der Waals surface area contributed by atoms with E-state index in [1.54, 1.807) is 13.3 Å². The van der Waals surface area contributed by atoms with E-state index in [0.717, 1.165) is 37.4 Å². The fourth-order valence-corrected chi connectivity index (χ4v) is 3.04. The van der Waals surface area contributed by atoms with Gasteiger partial charge in [0.15, 0.2) is 5.65 Å². The first kappa shape index (κ1) is 14.8. The van der Waals surface area contributed by atoms with Crippen LogP contribution in [0.1, 0.15) is 5.82 Å². The van der Waals surface area contributed by atoms with Crippen molar-refractivity contribution in [1.82, 2.24) is 14.5 Å². The fourth-order valence-electron chi connectivity index (χ4n) is 2.12. The maximum atomic E-state index is 6.05. The quantitative estimate of drug-likeness (QED) is 0.565. The Morgan fingerprint density at radius 2 is 2.10 bits per heavy atom. The molecule has 0 aliphatic rings. The van der Waals surface area contributed by atoms with E-state index in [1.807, 2.05) is 28.8 Å². The van der Waals surface area contributed by atoms with E-state index in [2.05, 4.69) is 41.8 Å². The minimum atomic E-state index is 0.289. The van der Waals surface area contributed by atoms with Gasteiger partial charge in [-0.3, -0.25) is 4.57 Å². The zero-order valence-electron chi connectivity index (χ0n) is 11.0. The van der Waals surface area contributed by atoms with Crippen molar-refractivity contribution in [3.8, 4) is 11.4 Å². The molecule has 21 heavy (non-hydrogen) atoms. The van der Waals surface area contributed by atoms with Gasteiger partial charge in [-0.25, -0.2) is 9.97 Å². The highest BCUT2D eigenvalue weighted by molar-refractivity contribution is 9.10. The summed E-state index contributed by atoms with van der Waals surface area (Å²) in [6.45, 7) is 0. The second kappa shape index (κ2) is 5.94. The summed E-state index contributed by atoms with van der Waals surface area (Å²) < 4.78 is 9.02. The third-order valence-electron chi connectivity index (χ3n) is 3.05. The molecule has 0 unspecified atom stereocenters. The Kier molecular flexibility index (Phi) is 4.19. The van der Waals surface area contributed by atoms with Crippen molar-refractivity contribution in [3.63, 3.8) is 0 Å². The smallest absolute Gasteiger partial charge is 0.164 e. The normalized spacial score (nSPS) is 11.0. The summed E-state index contributed by atoms with van der Waals surface area (Å²) in [6, 6.07) is 7.65. The first-order valence-corrected chi connectivity index (χ1v) is 8.19. The average molecular weight is 432 g/mol. The van der Waals surface area contributed by atoms with Crippen molar-refractivity contribution in [2.45, 2.75) is 5.88 Å². The van der Waals surface area contributed by atoms with Gasteiger partial charge in [-0.05, 0) is 50.1 Å². The van der Waals surface area contributed by atoms with E-state index < -0.39 is 0 Å². The molecule has 0 aliphatic heterocycles. The van der Waals surface area contributed by atoms with Crippen LogP contribution in [0.25, 0.3) is 16.9 Å². The van der Waals surface area contributed by atoms with Crippen LogP contribution in [0.3, 0.4) is 0 Å². The Morgan fingerprint density at radius 3 is 2.81 bits per heavy atom. The van der Waals surface area contributed by atoms with Crippen molar-refractivity contribution in [2.24, 2.45) is 0 Å². The van der Waals surface area contributed by atoms with Gasteiger partial charge in [0.25, 0.3) is 0 Å². The lowest BCUT2D eigenvalue weighted by Gasteiger charge is -2.11. The van der Waals surface area contributed by atoms with Crippen LogP contribution in [0.2, 0.25) is 0 Å². The van der Waals surface area contributed by atoms with Crippen molar-refractivity contribution in [2.75, 3.05) is 7.11 Å². The number of halogens is 3. The third-order valence-corrected chi connectivity index (χ3v) is 4.39. The summed E-state index contributed by atoms with van der Waals surface area (Å²) in [4.78, 5) is 9.00. The molecular weight excluding hydrogens is 421 g/mol. The lowest BCUT2D eigenvalue weighted by atomic mass is 10.3. The number of methoxy groups -OCH3 is 1. The zero-order chi connectivity index (χ0) is 15.0. The SMILES string of the molecule is COc1ccc(Br)c(-n2c(CCl)nc3cc(Br)cnc32)c1. The number of fused-ring (bicyclic) bond motifs is 1. The van der Waals surface area contributed by atoms with E-state index in [9.17, 15) is 0 Å². The maximum Gasteiger partial charge on any atom is 0.164 e. The zero-order valence-corrected chi connectivity index (χ0v) is 14.9. The number of aromatic nitrogens is 3. The standard InChI is InChI=1S/C14H10Br2ClN3O/c1-21-9-2-3-10(16)12(5-9)20-13(6-17)19-11-4-8(15)7-18-14(11)20/h2-5,7H,6H2,1H3. The van der Waals surface area contributed by atoms with Gasteiger partial charge in [0.2, 0.25) is 0 Å². The number of ether oxygens (including phenoxy) is 1. The number of pyridine rings is 1. The van der Waals surface area contributed by atoms with E-state index in [-0.39, 0.29) is 5.88 Å². The fraction of sp³-hybridized carbons (Fsp3) is 0.143. The average Bonchev–Trinajstić information content (AvgIpc) is 2.85. The second-order valence-corrected chi connectivity index (χ2v) is 6.35. The van der Waals surface area contributed by atoms with Crippen LogP contribution in [-0.4, -0.2) is 21.6 Å². The molecule has 1 aromatic carbocycles. The third kappa shape index (κ3) is 2.67. The van der Waals surface area contributed by atoms with Crippen LogP contribution >= 0.6 is 43.5 Å². The van der Waals surface area contributed by atoms with Crippen LogP contribution in [0.15, 0.2) is 39.4 Å². The molecule has 7 heteroatoms. The monoisotopic (exact) mass is 429 g/mol. The first-order chi connectivity index (χ1) is 10.1. The molecule has 108 valence electrons.